The molecule has 1 heterocycles. The smallest absolute Gasteiger partial charge is 0.341 e. The van der Waals surface area contributed by atoms with E-state index in [1.165, 1.54) is 19.1 Å². The summed E-state index contributed by atoms with van der Waals surface area (Å²) in [4.78, 5) is 40.7. The van der Waals surface area contributed by atoms with Crippen LogP contribution in [0, 0.1) is 13.8 Å². The minimum Gasteiger partial charge on any atom is -0.449 e. The summed E-state index contributed by atoms with van der Waals surface area (Å²) in [6.07, 6.45) is -1.02. The van der Waals surface area contributed by atoms with Crippen LogP contribution >= 0.6 is 0 Å². The number of ether oxygens (including phenoxy) is 1. The lowest BCUT2D eigenvalue weighted by Crippen LogP contribution is -2.30. The second-order valence-corrected chi connectivity index (χ2v) is 6.69. The Morgan fingerprint density at radius 2 is 1.69 bits per heavy atom. The van der Waals surface area contributed by atoms with Crippen molar-refractivity contribution < 1.29 is 19.1 Å². The van der Waals surface area contributed by atoms with Gasteiger partial charge < -0.3 is 15.8 Å². The fourth-order valence-electron chi connectivity index (χ4n) is 3.07. The first-order valence-electron chi connectivity index (χ1n) is 9.05. The number of pyridine rings is 1. The molecule has 0 aliphatic carbocycles. The molecule has 0 unspecified atom stereocenters. The predicted octanol–water partition coefficient (Wildman–Crippen LogP) is 3.13. The number of amides is 2. The molecule has 1 atom stereocenters. The molecule has 3 N–H and O–H groups in total. The lowest BCUT2D eigenvalue weighted by Gasteiger charge is -2.16. The maximum Gasteiger partial charge on any atom is 0.341 e. The number of carbonyl (C=O) groups excluding carboxylic acids is 3. The number of hydrogen-bond acceptors (Lipinski definition) is 5. The van der Waals surface area contributed by atoms with Gasteiger partial charge in [-0.1, -0.05) is 18.2 Å². The largest absolute Gasteiger partial charge is 0.449 e. The lowest BCUT2D eigenvalue weighted by atomic mass is 10.0. The van der Waals surface area contributed by atoms with Crippen LogP contribution in [-0.2, 0) is 9.53 Å². The summed E-state index contributed by atoms with van der Waals surface area (Å²) < 4.78 is 5.38. The molecule has 7 heteroatoms. The summed E-state index contributed by atoms with van der Waals surface area (Å²) in [5, 5.41) is 3.50. The third-order valence-electron chi connectivity index (χ3n) is 4.63. The predicted molar refractivity (Wildman–Crippen MR) is 110 cm³/mol. The number of para-hydroxylation sites is 1. The van der Waals surface area contributed by atoms with Crippen LogP contribution in [0.3, 0.4) is 0 Å². The fraction of sp³-hybridized carbons (Fsp3) is 0.182. The molecule has 0 bridgehead atoms. The Balaban J connectivity index is 1.74. The van der Waals surface area contributed by atoms with Crippen LogP contribution < -0.4 is 11.1 Å². The zero-order valence-electron chi connectivity index (χ0n) is 16.4. The molecule has 7 nitrogen and oxygen atoms in total. The van der Waals surface area contributed by atoms with Crippen molar-refractivity contribution in [1.82, 2.24) is 4.98 Å². The molecule has 148 valence electrons. The van der Waals surface area contributed by atoms with E-state index in [1.54, 1.807) is 19.1 Å². The number of primary amides is 1. The van der Waals surface area contributed by atoms with Crippen LogP contribution in [0.1, 0.15) is 38.9 Å². The van der Waals surface area contributed by atoms with E-state index in [4.69, 9.17) is 10.5 Å². The number of fused-ring (bicyclic) bond motifs is 1. The SMILES string of the molecule is Cc1nc2ccccc2c(C)c1C(=O)O[C@@H](C)C(=O)Nc1ccc(C(N)=O)cc1. The molecule has 2 aromatic carbocycles. The zero-order chi connectivity index (χ0) is 21.1. The summed E-state index contributed by atoms with van der Waals surface area (Å²) in [6.45, 7) is 5.06. The zero-order valence-corrected chi connectivity index (χ0v) is 16.4. The van der Waals surface area contributed by atoms with Gasteiger partial charge in [0.25, 0.3) is 5.91 Å². The number of anilines is 1. The van der Waals surface area contributed by atoms with Gasteiger partial charge in [-0.05, 0) is 56.7 Å². The molecule has 3 aromatic rings. The molecular formula is C22H21N3O4. The Hall–Kier alpha value is -3.74. The van der Waals surface area contributed by atoms with E-state index in [9.17, 15) is 14.4 Å². The summed E-state index contributed by atoms with van der Waals surface area (Å²) in [7, 11) is 0. The van der Waals surface area contributed by atoms with Gasteiger partial charge >= 0.3 is 5.97 Å². The monoisotopic (exact) mass is 391 g/mol. The highest BCUT2D eigenvalue weighted by Gasteiger charge is 2.23. The molecule has 0 spiro atoms. The van der Waals surface area contributed by atoms with Crippen LogP contribution in [0.4, 0.5) is 5.69 Å². The number of esters is 1. The number of aryl methyl sites for hydroxylation is 2. The number of rotatable bonds is 5. The summed E-state index contributed by atoms with van der Waals surface area (Å²) in [5.41, 5.74) is 8.44. The Bertz CT molecular complexity index is 1110. The Morgan fingerprint density at radius 3 is 2.34 bits per heavy atom. The van der Waals surface area contributed by atoms with Crippen molar-refractivity contribution in [3.05, 3.63) is 70.9 Å². The third kappa shape index (κ3) is 4.24. The van der Waals surface area contributed by atoms with Gasteiger partial charge in [0.1, 0.15) is 0 Å². The first-order chi connectivity index (χ1) is 13.8. The van der Waals surface area contributed by atoms with Crippen LogP contribution in [0.25, 0.3) is 10.9 Å². The summed E-state index contributed by atoms with van der Waals surface area (Å²) in [6, 6.07) is 13.6. The van der Waals surface area contributed by atoms with Gasteiger partial charge in [0.2, 0.25) is 5.91 Å². The maximum atomic E-state index is 12.7. The number of carbonyl (C=O) groups is 3. The van der Waals surface area contributed by atoms with E-state index >= 15 is 0 Å². The molecule has 0 aliphatic rings. The average molecular weight is 391 g/mol. The third-order valence-corrected chi connectivity index (χ3v) is 4.63. The first-order valence-corrected chi connectivity index (χ1v) is 9.05. The lowest BCUT2D eigenvalue weighted by molar-refractivity contribution is -0.123. The van der Waals surface area contributed by atoms with Crippen LogP contribution in [0.15, 0.2) is 48.5 Å². The number of aromatic nitrogens is 1. The maximum absolute atomic E-state index is 12.7. The van der Waals surface area contributed by atoms with Crippen LogP contribution in [0.5, 0.6) is 0 Å². The Morgan fingerprint density at radius 1 is 1.03 bits per heavy atom. The molecule has 29 heavy (non-hydrogen) atoms. The van der Waals surface area contributed by atoms with Gasteiger partial charge in [-0.25, -0.2) is 4.79 Å². The topological polar surface area (TPSA) is 111 Å². The average Bonchev–Trinajstić information content (AvgIpc) is 2.68. The molecular weight excluding hydrogens is 370 g/mol. The van der Waals surface area contributed by atoms with E-state index in [-0.39, 0.29) is 0 Å². The van der Waals surface area contributed by atoms with Crippen molar-refractivity contribution in [3.8, 4) is 0 Å². The van der Waals surface area contributed by atoms with E-state index in [2.05, 4.69) is 10.3 Å². The highest BCUT2D eigenvalue weighted by molar-refractivity contribution is 6.01. The van der Waals surface area contributed by atoms with Crippen molar-refractivity contribution in [2.24, 2.45) is 5.73 Å². The number of nitrogens with one attached hydrogen (secondary N) is 1. The fourth-order valence-corrected chi connectivity index (χ4v) is 3.07. The molecule has 1 aromatic heterocycles. The van der Waals surface area contributed by atoms with Gasteiger partial charge in [0, 0.05) is 16.6 Å². The molecule has 0 fully saturated rings. The minimum absolute atomic E-state index is 0.331. The van der Waals surface area contributed by atoms with Crippen molar-refractivity contribution in [2.75, 3.05) is 5.32 Å². The quantitative estimate of drug-likeness (QED) is 0.649. The number of nitrogens with zero attached hydrogens (tertiary/aromatic N) is 1. The van der Waals surface area contributed by atoms with Gasteiger partial charge in [0.05, 0.1) is 16.8 Å². The van der Waals surface area contributed by atoms with Gasteiger partial charge in [0.15, 0.2) is 6.10 Å². The highest BCUT2D eigenvalue weighted by Crippen LogP contribution is 2.23. The van der Waals surface area contributed by atoms with Crippen molar-refractivity contribution in [2.45, 2.75) is 26.9 Å². The highest BCUT2D eigenvalue weighted by atomic mass is 16.5. The standard InChI is InChI=1S/C22H21N3O4/c1-12-17-6-4-5-7-18(17)24-13(2)19(12)22(28)29-14(3)21(27)25-16-10-8-15(9-11-16)20(23)26/h4-11,14H,1-3H3,(H2,23,26)(H,25,27)/t14-/m0/s1. The van der Waals surface area contributed by atoms with Gasteiger partial charge in [-0.2, -0.15) is 0 Å². The minimum atomic E-state index is -1.02. The van der Waals surface area contributed by atoms with Crippen molar-refractivity contribution >= 4 is 34.4 Å². The number of hydrogen-bond donors (Lipinski definition) is 2. The second-order valence-electron chi connectivity index (χ2n) is 6.69. The Kier molecular flexibility index (Phi) is 5.59. The normalized spacial score (nSPS) is 11.7. The van der Waals surface area contributed by atoms with Gasteiger partial charge in [-0.15, -0.1) is 0 Å². The van der Waals surface area contributed by atoms with Crippen molar-refractivity contribution in [3.63, 3.8) is 0 Å². The molecule has 0 saturated carbocycles. The molecule has 2 amide bonds. The first kappa shape index (κ1) is 20.0. The summed E-state index contributed by atoms with van der Waals surface area (Å²) in [5.74, 6) is -1.65. The molecule has 0 radical (unpaired) electrons. The second kappa shape index (κ2) is 8.10. The molecule has 0 aliphatic heterocycles. The van der Waals surface area contributed by atoms with Crippen LogP contribution in [-0.4, -0.2) is 28.9 Å². The van der Waals surface area contributed by atoms with E-state index in [1.807, 2.05) is 31.2 Å². The number of benzene rings is 2. The summed E-state index contributed by atoms with van der Waals surface area (Å²) >= 11 is 0. The Labute approximate surface area is 167 Å². The number of nitrogens with two attached hydrogens (primary N) is 1. The molecule has 3 rings (SSSR count). The van der Waals surface area contributed by atoms with E-state index < -0.39 is 23.9 Å². The van der Waals surface area contributed by atoms with E-state index in [0.717, 1.165) is 16.5 Å². The van der Waals surface area contributed by atoms with E-state index in [0.29, 0.717) is 22.5 Å². The van der Waals surface area contributed by atoms with Crippen molar-refractivity contribution in [1.29, 1.82) is 0 Å². The molecule has 0 saturated heterocycles. The van der Waals surface area contributed by atoms with Crippen LogP contribution in [0.2, 0.25) is 0 Å². The van der Waals surface area contributed by atoms with Gasteiger partial charge in [-0.3, -0.25) is 14.6 Å².